The zero-order valence-corrected chi connectivity index (χ0v) is 10.7. The van der Waals surface area contributed by atoms with Crippen LogP contribution in [0.2, 0.25) is 0 Å². The molecule has 1 aliphatic rings. The molecule has 0 saturated carbocycles. The zero-order chi connectivity index (χ0) is 13.0. The number of benzene rings is 1. The topological polar surface area (TPSA) is 46.5 Å². The number of carbonyl (C=O) groups excluding carboxylic acids is 1. The molecule has 0 aromatic heterocycles. The molecule has 3 heteroatoms. The molecule has 1 N–H and O–H groups in total. The summed E-state index contributed by atoms with van der Waals surface area (Å²) in [7, 11) is 0. The molecule has 1 heterocycles. The average Bonchev–Trinajstić information content (AvgIpc) is 2.78. The lowest BCUT2D eigenvalue weighted by atomic mass is 9.77. The summed E-state index contributed by atoms with van der Waals surface area (Å²) < 4.78 is 5.12. The number of esters is 1. The zero-order valence-electron chi connectivity index (χ0n) is 10.7. The first-order valence-corrected chi connectivity index (χ1v) is 6.60. The number of hydrogen-bond donors (Lipinski definition) is 1. The quantitative estimate of drug-likeness (QED) is 0.814. The Morgan fingerprint density at radius 3 is 2.72 bits per heavy atom. The van der Waals surface area contributed by atoms with Gasteiger partial charge in [-0.05, 0) is 17.9 Å². The first-order chi connectivity index (χ1) is 8.77. The van der Waals surface area contributed by atoms with Crippen molar-refractivity contribution in [2.75, 3.05) is 13.2 Å². The van der Waals surface area contributed by atoms with Crippen molar-refractivity contribution < 1.29 is 14.6 Å². The van der Waals surface area contributed by atoms with E-state index >= 15 is 0 Å². The average molecular weight is 248 g/mol. The van der Waals surface area contributed by atoms with Crippen LogP contribution in [0, 0.1) is 11.8 Å². The molecule has 0 amide bonds. The fourth-order valence-electron chi connectivity index (χ4n) is 2.81. The summed E-state index contributed by atoms with van der Waals surface area (Å²) in [5.41, 5.74) is 1.17. The normalized spacial score (nSPS) is 24.9. The van der Waals surface area contributed by atoms with Gasteiger partial charge in [0, 0.05) is 12.5 Å². The van der Waals surface area contributed by atoms with Gasteiger partial charge >= 0.3 is 5.97 Å². The van der Waals surface area contributed by atoms with Crippen molar-refractivity contribution in [2.24, 2.45) is 11.8 Å². The summed E-state index contributed by atoms with van der Waals surface area (Å²) in [6, 6.07) is 10.1. The van der Waals surface area contributed by atoms with Crippen molar-refractivity contribution in [1.29, 1.82) is 0 Å². The standard InChI is InChI=1S/C15H20O3/c1-2-6-13(11-7-4-3-5-8-11)14-12(9-16)10-18-15(14)17/h3-5,7-8,12-14,16H,2,6,9-10H2,1H3/t12-,13?,14-/m1/s1. The second kappa shape index (κ2) is 6.01. The van der Waals surface area contributed by atoms with Gasteiger partial charge in [-0.15, -0.1) is 0 Å². The van der Waals surface area contributed by atoms with E-state index in [4.69, 9.17) is 4.74 Å². The molecule has 0 radical (unpaired) electrons. The van der Waals surface area contributed by atoms with E-state index in [2.05, 4.69) is 19.1 Å². The van der Waals surface area contributed by atoms with E-state index < -0.39 is 0 Å². The Bertz CT molecular complexity index is 388. The monoisotopic (exact) mass is 248 g/mol. The highest BCUT2D eigenvalue weighted by molar-refractivity contribution is 5.76. The summed E-state index contributed by atoms with van der Waals surface area (Å²) >= 11 is 0. The molecule has 98 valence electrons. The molecule has 18 heavy (non-hydrogen) atoms. The van der Waals surface area contributed by atoms with E-state index in [1.807, 2.05) is 18.2 Å². The minimum Gasteiger partial charge on any atom is -0.465 e. The summed E-state index contributed by atoms with van der Waals surface area (Å²) in [5, 5.41) is 9.39. The Labute approximate surface area is 108 Å². The fraction of sp³-hybridized carbons (Fsp3) is 0.533. The first kappa shape index (κ1) is 13.1. The Morgan fingerprint density at radius 1 is 1.39 bits per heavy atom. The number of aliphatic hydroxyl groups is 1. The van der Waals surface area contributed by atoms with Gasteiger partial charge in [-0.1, -0.05) is 43.7 Å². The first-order valence-electron chi connectivity index (χ1n) is 6.60. The molecule has 3 nitrogen and oxygen atoms in total. The number of aliphatic hydroxyl groups excluding tert-OH is 1. The lowest BCUT2D eigenvalue weighted by Crippen LogP contribution is -2.26. The van der Waals surface area contributed by atoms with Crippen LogP contribution >= 0.6 is 0 Å². The molecule has 1 aliphatic heterocycles. The number of rotatable bonds is 5. The lowest BCUT2D eigenvalue weighted by molar-refractivity contribution is -0.142. The van der Waals surface area contributed by atoms with Crippen molar-refractivity contribution >= 4 is 5.97 Å². The van der Waals surface area contributed by atoms with Crippen LogP contribution in [0.4, 0.5) is 0 Å². The van der Waals surface area contributed by atoms with Gasteiger partial charge < -0.3 is 9.84 Å². The summed E-state index contributed by atoms with van der Waals surface area (Å²) in [5.74, 6) is -0.258. The highest BCUT2D eigenvalue weighted by Gasteiger charge is 2.41. The van der Waals surface area contributed by atoms with Gasteiger partial charge in [0.1, 0.15) is 0 Å². The maximum atomic E-state index is 11.9. The van der Waals surface area contributed by atoms with Crippen molar-refractivity contribution in [2.45, 2.75) is 25.7 Å². The van der Waals surface area contributed by atoms with Gasteiger partial charge in [0.2, 0.25) is 0 Å². The number of ether oxygens (including phenoxy) is 1. The second-order valence-corrected chi connectivity index (χ2v) is 4.90. The molecule has 0 aliphatic carbocycles. The van der Waals surface area contributed by atoms with Crippen LogP contribution in [0.1, 0.15) is 31.2 Å². The molecule has 1 fully saturated rings. The third-order valence-corrected chi connectivity index (χ3v) is 3.72. The van der Waals surface area contributed by atoms with Gasteiger partial charge in [-0.3, -0.25) is 4.79 Å². The number of carbonyl (C=O) groups is 1. The van der Waals surface area contributed by atoms with E-state index in [1.54, 1.807) is 0 Å². The maximum Gasteiger partial charge on any atom is 0.310 e. The Morgan fingerprint density at radius 2 is 2.11 bits per heavy atom. The molecule has 1 aromatic rings. The van der Waals surface area contributed by atoms with Crippen LogP contribution in [0.5, 0.6) is 0 Å². The van der Waals surface area contributed by atoms with Crippen LogP contribution < -0.4 is 0 Å². The molecule has 1 unspecified atom stereocenters. The van der Waals surface area contributed by atoms with Crippen molar-refractivity contribution in [3.8, 4) is 0 Å². The highest BCUT2D eigenvalue weighted by Crippen LogP contribution is 2.38. The van der Waals surface area contributed by atoms with Crippen LogP contribution in [0.15, 0.2) is 30.3 Å². The van der Waals surface area contributed by atoms with Gasteiger partial charge in [0.05, 0.1) is 12.5 Å². The molecule has 0 spiro atoms. The van der Waals surface area contributed by atoms with E-state index in [1.165, 1.54) is 5.56 Å². The van der Waals surface area contributed by atoms with E-state index in [0.717, 1.165) is 12.8 Å². The molecule has 0 bridgehead atoms. The SMILES string of the molecule is CCCC(c1ccccc1)[C@@H]1C(=O)OC[C@H]1CO. The minimum absolute atomic E-state index is 0.0173. The third-order valence-electron chi connectivity index (χ3n) is 3.72. The molecular formula is C15H20O3. The van der Waals surface area contributed by atoms with E-state index in [-0.39, 0.29) is 30.3 Å². The van der Waals surface area contributed by atoms with Crippen molar-refractivity contribution in [3.63, 3.8) is 0 Å². The largest absolute Gasteiger partial charge is 0.465 e. The number of cyclic esters (lactones) is 1. The Hall–Kier alpha value is -1.35. The van der Waals surface area contributed by atoms with Gasteiger partial charge in [-0.25, -0.2) is 0 Å². The minimum atomic E-state index is -0.197. The van der Waals surface area contributed by atoms with Crippen molar-refractivity contribution in [1.82, 2.24) is 0 Å². The summed E-state index contributed by atoms with van der Waals surface area (Å²) in [4.78, 5) is 11.9. The van der Waals surface area contributed by atoms with E-state index in [9.17, 15) is 9.90 Å². The smallest absolute Gasteiger partial charge is 0.310 e. The van der Waals surface area contributed by atoms with Crippen LogP contribution in [-0.4, -0.2) is 24.3 Å². The highest BCUT2D eigenvalue weighted by atomic mass is 16.5. The molecular weight excluding hydrogens is 228 g/mol. The lowest BCUT2D eigenvalue weighted by Gasteiger charge is -2.24. The maximum absolute atomic E-state index is 11.9. The van der Waals surface area contributed by atoms with E-state index in [0.29, 0.717) is 6.61 Å². The van der Waals surface area contributed by atoms with Crippen LogP contribution in [0.25, 0.3) is 0 Å². The second-order valence-electron chi connectivity index (χ2n) is 4.90. The predicted molar refractivity (Wildman–Crippen MR) is 69.1 cm³/mol. The Balaban J connectivity index is 2.26. The predicted octanol–water partition coefficient (Wildman–Crippen LogP) is 2.35. The third kappa shape index (κ3) is 2.56. The van der Waals surface area contributed by atoms with Gasteiger partial charge in [0.15, 0.2) is 0 Å². The van der Waals surface area contributed by atoms with Crippen LogP contribution in [-0.2, 0) is 9.53 Å². The number of hydrogen-bond acceptors (Lipinski definition) is 3. The fourth-order valence-corrected chi connectivity index (χ4v) is 2.81. The molecule has 1 saturated heterocycles. The Kier molecular flexibility index (Phi) is 4.37. The van der Waals surface area contributed by atoms with Crippen LogP contribution in [0.3, 0.4) is 0 Å². The molecule has 2 rings (SSSR count). The molecule has 3 atom stereocenters. The summed E-state index contributed by atoms with van der Waals surface area (Å²) in [6.07, 6.45) is 1.96. The summed E-state index contributed by atoms with van der Waals surface area (Å²) in [6.45, 7) is 2.49. The molecule has 1 aromatic carbocycles. The van der Waals surface area contributed by atoms with Gasteiger partial charge in [0.25, 0.3) is 0 Å². The van der Waals surface area contributed by atoms with Gasteiger partial charge in [-0.2, -0.15) is 0 Å². The van der Waals surface area contributed by atoms with Crippen molar-refractivity contribution in [3.05, 3.63) is 35.9 Å².